The molecule has 0 radical (unpaired) electrons. The van der Waals surface area contributed by atoms with Crippen molar-refractivity contribution in [2.24, 2.45) is 0 Å². The third kappa shape index (κ3) is 10.3. The summed E-state index contributed by atoms with van der Waals surface area (Å²) in [5, 5.41) is 23.3. The Morgan fingerprint density at radius 1 is 1.29 bits per heavy atom. The zero-order valence-corrected chi connectivity index (χ0v) is 10.1. The number of hydrogen-bond donors (Lipinski definition) is 3. The van der Waals surface area contributed by atoms with E-state index in [1.165, 1.54) is 5.56 Å². The van der Waals surface area contributed by atoms with E-state index < -0.39 is 11.8 Å². The summed E-state index contributed by atoms with van der Waals surface area (Å²) >= 11 is 0. The maximum Gasteiger partial charge on any atom is 0.503 e. The topological polar surface area (TPSA) is 77.8 Å². The van der Waals surface area contributed by atoms with E-state index in [0.29, 0.717) is 0 Å². The van der Waals surface area contributed by atoms with Crippen LogP contribution in [-0.2, 0) is 0 Å². The van der Waals surface area contributed by atoms with Crippen LogP contribution < -0.4 is 0 Å². The molecule has 92 valence electrons. The van der Waals surface area contributed by atoms with Gasteiger partial charge in [-0.25, -0.2) is 4.79 Å². The quantitative estimate of drug-likeness (QED) is 0.604. The minimum absolute atomic E-state index is 0.913. The average molecular weight is 236 g/mol. The van der Waals surface area contributed by atoms with Gasteiger partial charge in [-0.15, -0.1) is 0 Å². The van der Waals surface area contributed by atoms with E-state index in [4.69, 9.17) is 15.0 Å². The molecule has 0 atom stereocenters. The van der Waals surface area contributed by atoms with Gasteiger partial charge in [0.2, 0.25) is 0 Å². The zero-order valence-electron chi connectivity index (χ0n) is 10.1. The molecule has 0 spiro atoms. The second-order valence-electron chi connectivity index (χ2n) is 3.96. The van der Waals surface area contributed by atoms with Gasteiger partial charge < -0.3 is 15.3 Å². The fourth-order valence-electron chi connectivity index (χ4n) is 0.948. The van der Waals surface area contributed by atoms with Crippen molar-refractivity contribution in [3.63, 3.8) is 0 Å². The third-order valence-corrected chi connectivity index (χ3v) is 1.53. The first-order chi connectivity index (χ1) is 7.70. The Morgan fingerprint density at radius 2 is 1.82 bits per heavy atom. The highest BCUT2D eigenvalue weighted by molar-refractivity contribution is 5.53. The molecule has 0 aliphatic carbocycles. The first-order valence-corrected chi connectivity index (χ1v) is 4.95. The van der Waals surface area contributed by atoms with Gasteiger partial charge in [0.15, 0.2) is 0 Å². The molecule has 4 nitrogen and oxygen atoms in total. The minimum atomic E-state index is -1.83. The lowest BCUT2D eigenvalue weighted by molar-refractivity contribution is 0.136. The van der Waals surface area contributed by atoms with Crippen molar-refractivity contribution in [1.29, 1.82) is 0 Å². The number of carboxylic acid groups (broad SMARTS) is 2. The Hall–Kier alpha value is -1.99. The van der Waals surface area contributed by atoms with Gasteiger partial charge in [-0.2, -0.15) is 0 Å². The highest BCUT2D eigenvalue weighted by Gasteiger charge is 2.05. The number of benzene rings is 1. The van der Waals surface area contributed by atoms with E-state index in [0.717, 1.165) is 5.56 Å². The molecule has 4 heteroatoms. The predicted octanol–water partition coefficient (Wildman–Crippen LogP) is 2.34. The lowest BCUT2D eigenvalue weighted by Gasteiger charge is -2.05. The summed E-state index contributed by atoms with van der Waals surface area (Å²) in [6.07, 6.45) is -1.83. The Kier molecular flexibility index (Phi) is 5.79. The lowest BCUT2D eigenvalue weighted by atomic mass is 10.1. The van der Waals surface area contributed by atoms with Crippen LogP contribution in [0.5, 0.6) is 0 Å². The minimum Gasteiger partial charge on any atom is -0.450 e. The monoisotopic (exact) mass is 236 g/mol. The number of hydrogen-bond acceptors (Lipinski definition) is 2. The van der Waals surface area contributed by atoms with Crippen LogP contribution in [0.15, 0.2) is 24.3 Å². The Balaban J connectivity index is 0.000000557. The molecule has 0 aromatic heterocycles. The van der Waals surface area contributed by atoms with Crippen molar-refractivity contribution in [3.8, 4) is 11.8 Å². The molecule has 1 aromatic rings. The number of aryl methyl sites for hydroxylation is 1. The molecule has 0 saturated carbocycles. The van der Waals surface area contributed by atoms with Crippen molar-refractivity contribution in [1.82, 2.24) is 0 Å². The van der Waals surface area contributed by atoms with Gasteiger partial charge in [-0.05, 0) is 38.5 Å². The molecule has 0 heterocycles. The molecule has 0 aliphatic rings. The number of carbonyl (C=O) groups is 1. The standard InChI is InChI=1S/C12H14O.CH2O3/c1-10-5-4-6-11(9-10)7-8-12(2,3)13;2-1(3)4/h4-6,9,13H,1-3H3;(H2,2,3,4). The Morgan fingerprint density at radius 3 is 2.24 bits per heavy atom. The fraction of sp³-hybridized carbons (Fsp3) is 0.308. The molecule has 0 bridgehead atoms. The summed E-state index contributed by atoms with van der Waals surface area (Å²) in [4.78, 5) is 8.56. The van der Waals surface area contributed by atoms with Gasteiger partial charge in [0.1, 0.15) is 5.60 Å². The first kappa shape index (κ1) is 15.0. The highest BCUT2D eigenvalue weighted by Crippen LogP contribution is 2.03. The fourth-order valence-corrected chi connectivity index (χ4v) is 0.948. The van der Waals surface area contributed by atoms with E-state index in [1.807, 2.05) is 31.2 Å². The molecule has 3 N–H and O–H groups in total. The summed E-state index contributed by atoms with van der Waals surface area (Å²) in [6, 6.07) is 7.92. The van der Waals surface area contributed by atoms with Crippen LogP contribution >= 0.6 is 0 Å². The van der Waals surface area contributed by atoms with E-state index in [1.54, 1.807) is 13.8 Å². The normalized spacial score (nSPS) is 9.41. The van der Waals surface area contributed by atoms with Crippen molar-refractivity contribution < 1.29 is 20.1 Å². The van der Waals surface area contributed by atoms with E-state index in [-0.39, 0.29) is 0 Å². The van der Waals surface area contributed by atoms with E-state index >= 15 is 0 Å². The van der Waals surface area contributed by atoms with Gasteiger partial charge in [-0.3, -0.25) is 0 Å². The predicted molar refractivity (Wildman–Crippen MR) is 65.0 cm³/mol. The largest absolute Gasteiger partial charge is 0.503 e. The summed E-state index contributed by atoms with van der Waals surface area (Å²) in [5.74, 6) is 5.70. The summed E-state index contributed by atoms with van der Waals surface area (Å²) < 4.78 is 0. The van der Waals surface area contributed by atoms with E-state index in [9.17, 15) is 5.11 Å². The van der Waals surface area contributed by atoms with Gasteiger partial charge in [0.05, 0.1) is 0 Å². The average Bonchev–Trinajstić information content (AvgIpc) is 2.13. The summed E-state index contributed by atoms with van der Waals surface area (Å²) in [5.41, 5.74) is 1.22. The van der Waals surface area contributed by atoms with Gasteiger partial charge >= 0.3 is 6.16 Å². The number of rotatable bonds is 0. The number of aliphatic hydroxyl groups is 1. The zero-order chi connectivity index (χ0) is 13.5. The van der Waals surface area contributed by atoms with Crippen molar-refractivity contribution in [2.75, 3.05) is 0 Å². The Labute approximate surface area is 101 Å². The van der Waals surface area contributed by atoms with Crippen LogP contribution in [0.1, 0.15) is 25.0 Å². The van der Waals surface area contributed by atoms with Gasteiger partial charge in [0, 0.05) is 5.56 Å². The summed E-state index contributed by atoms with van der Waals surface area (Å²) in [7, 11) is 0. The second-order valence-corrected chi connectivity index (χ2v) is 3.96. The SMILES string of the molecule is Cc1cccc(C#CC(C)(C)O)c1.O=C(O)O. The maximum absolute atomic E-state index is 9.37. The van der Waals surface area contributed by atoms with Crippen LogP contribution in [0.3, 0.4) is 0 Å². The van der Waals surface area contributed by atoms with Crippen molar-refractivity contribution in [3.05, 3.63) is 35.4 Å². The molecule has 0 saturated heterocycles. The summed E-state index contributed by atoms with van der Waals surface area (Å²) in [6.45, 7) is 5.38. The highest BCUT2D eigenvalue weighted by atomic mass is 16.6. The van der Waals surface area contributed by atoms with Crippen molar-refractivity contribution in [2.45, 2.75) is 26.4 Å². The molecule has 0 amide bonds. The van der Waals surface area contributed by atoms with Crippen LogP contribution in [-0.4, -0.2) is 27.1 Å². The van der Waals surface area contributed by atoms with Crippen LogP contribution in [0, 0.1) is 18.8 Å². The smallest absolute Gasteiger partial charge is 0.450 e. The molecule has 0 aliphatic heterocycles. The first-order valence-electron chi connectivity index (χ1n) is 4.95. The maximum atomic E-state index is 9.37. The molecule has 0 fully saturated rings. The second kappa shape index (κ2) is 6.56. The molecule has 0 unspecified atom stereocenters. The lowest BCUT2D eigenvalue weighted by Crippen LogP contribution is -2.14. The molecule has 1 aromatic carbocycles. The molecule has 17 heavy (non-hydrogen) atoms. The molecule has 1 rings (SSSR count). The molecular weight excluding hydrogens is 220 g/mol. The van der Waals surface area contributed by atoms with Crippen molar-refractivity contribution >= 4 is 6.16 Å². The molecular formula is C13H16O4. The van der Waals surface area contributed by atoms with Crippen LogP contribution in [0.2, 0.25) is 0 Å². The van der Waals surface area contributed by atoms with E-state index in [2.05, 4.69) is 11.8 Å². The van der Waals surface area contributed by atoms with Gasteiger partial charge in [-0.1, -0.05) is 24.0 Å². The van der Waals surface area contributed by atoms with Crippen LogP contribution in [0.25, 0.3) is 0 Å². The van der Waals surface area contributed by atoms with Crippen LogP contribution in [0.4, 0.5) is 4.79 Å². The Bertz CT molecular complexity index is 429. The van der Waals surface area contributed by atoms with Gasteiger partial charge in [0.25, 0.3) is 0 Å². The third-order valence-electron chi connectivity index (χ3n) is 1.53.